The Morgan fingerprint density at radius 3 is 2.48 bits per heavy atom. The molecule has 7 heteroatoms. The maximum absolute atomic E-state index is 11.2. The zero-order chi connectivity index (χ0) is 19.6. The van der Waals surface area contributed by atoms with E-state index in [4.69, 9.17) is 19.3 Å². The fraction of sp³-hybridized carbons (Fsp3) is 0.350. The van der Waals surface area contributed by atoms with E-state index in [2.05, 4.69) is 5.18 Å². The monoisotopic (exact) mass is 373 g/mol. The summed E-state index contributed by atoms with van der Waals surface area (Å²) in [5, 5.41) is 12.3. The van der Waals surface area contributed by atoms with E-state index in [-0.39, 0.29) is 13.0 Å². The van der Waals surface area contributed by atoms with E-state index >= 15 is 0 Å². The van der Waals surface area contributed by atoms with Crippen molar-refractivity contribution in [1.82, 2.24) is 0 Å². The molecule has 27 heavy (non-hydrogen) atoms. The van der Waals surface area contributed by atoms with Crippen molar-refractivity contribution in [3.63, 3.8) is 0 Å². The first-order valence-electron chi connectivity index (χ1n) is 8.60. The molecule has 0 amide bonds. The minimum atomic E-state index is -0.990. The molecule has 2 unspecified atom stereocenters. The van der Waals surface area contributed by atoms with Gasteiger partial charge in [0.1, 0.15) is 18.1 Å². The van der Waals surface area contributed by atoms with Crippen molar-refractivity contribution in [2.24, 2.45) is 5.18 Å². The highest BCUT2D eigenvalue weighted by molar-refractivity contribution is 5.72. The fourth-order valence-electron chi connectivity index (χ4n) is 2.57. The summed E-state index contributed by atoms with van der Waals surface area (Å²) in [4.78, 5) is 22.3. The van der Waals surface area contributed by atoms with Crippen molar-refractivity contribution in [2.45, 2.75) is 25.5 Å². The molecule has 2 rings (SSSR count). The molecular formula is C20H23NO6. The van der Waals surface area contributed by atoms with E-state index in [0.29, 0.717) is 23.7 Å². The van der Waals surface area contributed by atoms with Crippen molar-refractivity contribution in [3.05, 3.63) is 64.6 Å². The van der Waals surface area contributed by atoms with Crippen molar-refractivity contribution >= 4 is 5.97 Å². The number of hydrogen-bond donors (Lipinski definition) is 1. The van der Waals surface area contributed by atoms with E-state index in [1.54, 1.807) is 62.6 Å². The van der Waals surface area contributed by atoms with Crippen LogP contribution in [0.5, 0.6) is 11.5 Å². The molecule has 0 aliphatic rings. The van der Waals surface area contributed by atoms with Gasteiger partial charge in [0.2, 0.25) is 0 Å². The zero-order valence-corrected chi connectivity index (χ0v) is 15.3. The molecule has 0 heterocycles. The molecule has 0 saturated carbocycles. The number of nitroso groups, excluding NO2 is 1. The smallest absolute Gasteiger partial charge is 0.333 e. The average molecular weight is 373 g/mol. The first kappa shape index (κ1) is 20.4. The van der Waals surface area contributed by atoms with Crippen LogP contribution in [0.15, 0.2) is 53.7 Å². The molecule has 2 aromatic rings. The third-order valence-corrected chi connectivity index (χ3v) is 4.00. The summed E-state index contributed by atoms with van der Waals surface area (Å²) in [7, 11) is 1.56. The number of ether oxygens (including phenoxy) is 3. The molecule has 0 radical (unpaired) electrons. The number of benzene rings is 2. The summed E-state index contributed by atoms with van der Waals surface area (Å²) in [5.74, 6) is 0.224. The van der Waals surface area contributed by atoms with Gasteiger partial charge >= 0.3 is 5.97 Å². The summed E-state index contributed by atoms with van der Waals surface area (Å²) in [6.07, 6.45) is -0.607. The van der Waals surface area contributed by atoms with Gasteiger partial charge in [0, 0.05) is 13.0 Å². The van der Waals surface area contributed by atoms with Crippen LogP contribution >= 0.6 is 0 Å². The van der Waals surface area contributed by atoms with Gasteiger partial charge in [-0.25, -0.2) is 4.79 Å². The molecule has 0 spiro atoms. The van der Waals surface area contributed by atoms with Gasteiger partial charge in [0.05, 0.1) is 7.11 Å². The lowest BCUT2D eigenvalue weighted by Gasteiger charge is -2.14. The zero-order valence-electron chi connectivity index (χ0n) is 15.3. The Balaban J connectivity index is 1.97. The maximum atomic E-state index is 11.2. The van der Waals surface area contributed by atoms with Crippen molar-refractivity contribution in [1.29, 1.82) is 0 Å². The Morgan fingerprint density at radius 2 is 1.89 bits per heavy atom. The summed E-state index contributed by atoms with van der Waals surface area (Å²) in [6.45, 7) is 2.18. The van der Waals surface area contributed by atoms with Gasteiger partial charge < -0.3 is 19.3 Å². The number of hydrogen-bond acceptors (Lipinski definition) is 6. The van der Waals surface area contributed by atoms with Crippen LogP contribution in [0.2, 0.25) is 0 Å². The van der Waals surface area contributed by atoms with E-state index in [1.807, 2.05) is 0 Å². The van der Waals surface area contributed by atoms with Gasteiger partial charge in [-0.1, -0.05) is 29.4 Å². The van der Waals surface area contributed by atoms with Crippen LogP contribution in [0, 0.1) is 4.91 Å². The molecule has 0 saturated heterocycles. The number of carboxylic acids is 1. The lowest BCUT2D eigenvalue weighted by atomic mass is 10.1. The highest BCUT2D eigenvalue weighted by Gasteiger charge is 2.18. The van der Waals surface area contributed by atoms with Crippen molar-refractivity contribution in [3.8, 4) is 11.5 Å². The minimum absolute atomic E-state index is 0.0900. The third-order valence-electron chi connectivity index (χ3n) is 4.00. The van der Waals surface area contributed by atoms with Gasteiger partial charge in [-0.05, 0) is 42.3 Å². The lowest BCUT2D eigenvalue weighted by molar-refractivity contribution is -0.149. The number of carbonyl (C=O) groups is 1. The predicted molar refractivity (Wildman–Crippen MR) is 100 cm³/mol. The van der Waals surface area contributed by atoms with E-state index in [1.165, 1.54) is 0 Å². The van der Waals surface area contributed by atoms with E-state index in [0.717, 1.165) is 5.56 Å². The van der Waals surface area contributed by atoms with Crippen LogP contribution in [-0.4, -0.2) is 37.5 Å². The minimum Gasteiger partial charge on any atom is -0.497 e. The van der Waals surface area contributed by atoms with Gasteiger partial charge in [-0.15, -0.1) is 0 Å². The van der Waals surface area contributed by atoms with Crippen molar-refractivity contribution in [2.75, 3.05) is 20.3 Å². The molecule has 2 aromatic carbocycles. The molecular weight excluding hydrogens is 350 g/mol. The average Bonchev–Trinajstić information content (AvgIpc) is 2.69. The summed E-state index contributed by atoms with van der Waals surface area (Å²) in [6, 6.07) is 13.5. The Hall–Kier alpha value is -2.93. The summed E-state index contributed by atoms with van der Waals surface area (Å²) >= 11 is 0. The lowest BCUT2D eigenvalue weighted by Crippen LogP contribution is -2.26. The number of methoxy groups -OCH3 is 1. The molecule has 0 fully saturated rings. The Labute approximate surface area is 157 Å². The predicted octanol–water partition coefficient (Wildman–Crippen LogP) is 3.61. The van der Waals surface area contributed by atoms with E-state index < -0.39 is 18.1 Å². The molecule has 0 aromatic heterocycles. The highest BCUT2D eigenvalue weighted by Crippen LogP contribution is 2.23. The number of aliphatic carboxylic acids is 1. The third kappa shape index (κ3) is 6.07. The molecule has 0 bridgehead atoms. The van der Waals surface area contributed by atoms with Crippen LogP contribution in [0.3, 0.4) is 0 Å². The van der Waals surface area contributed by atoms with Gasteiger partial charge in [-0.2, -0.15) is 4.91 Å². The number of carboxylic acid groups (broad SMARTS) is 1. The topological polar surface area (TPSA) is 94.4 Å². The molecule has 1 N–H and O–H groups in total. The van der Waals surface area contributed by atoms with Gasteiger partial charge in [0.25, 0.3) is 0 Å². The second-order valence-corrected chi connectivity index (χ2v) is 5.84. The Morgan fingerprint density at radius 1 is 1.15 bits per heavy atom. The van der Waals surface area contributed by atoms with E-state index in [9.17, 15) is 9.70 Å². The summed E-state index contributed by atoms with van der Waals surface area (Å²) < 4.78 is 16.0. The first-order chi connectivity index (χ1) is 13.1. The Kier molecular flexibility index (Phi) is 7.76. The first-order valence-corrected chi connectivity index (χ1v) is 8.60. The number of rotatable bonds is 11. The fourth-order valence-corrected chi connectivity index (χ4v) is 2.57. The van der Waals surface area contributed by atoms with Gasteiger partial charge in [0.15, 0.2) is 12.1 Å². The second kappa shape index (κ2) is 10.3. The van der Waals surface area contributed by atoms with Crippen LogP contribution in [-0.2, 0) is 16.0 Å². The van der Waals surface area contributed by atoms with Crippen molar-refractivity contribution < 1.29 is 24.1 Å². The van der Waals surface area contributed by atoms with Crippen LogP contribution in [0.25, 0.3) is 0 Å². The maximum Gasteiger partial charge on any atom is 0.333 e. The quantitative estimate of drug-likeness (QED) is 0.605. The Bertz CT molecular complexity index is 746. The molecule has 7 nitrogen and oxygen atoms in total. The second-order valence-electron chi connectivity index (χ2n) is 5.84. The molecule has 0 aliphatic carbocycles. The van der Waals surface area contributed by atoms with Gasteiger partial charge in [-0.3, -0.25) is 0 Å². The molecule has 2 atom stereocenters. The highest BCUT2D eigenvalue weighted by atomic mass is 16.5. The SMILES string of the molecule is CCOC(Cc1ccc(OCC(N=O)c2cccc(OC)c2)cc1)C(=O)O. The standard InChI is InChI=1S/C20H23NO6/c1-3-26-19(20(22)23)11-14-7-9-16(10-8-14)27-13-18(21-24)15-5-4-6-17(12-15)25-2/h4-10,12,18-19H,3,11,13H2,1-2H3,(H,22,23). The van der Waals surface area contributed by atoms with Crippen LogP contribution in [0.1, 0.15) is 24.1 Å². The largest absolute Gasteiger partial charge is 0.497 e. The normalized spacial score (nSPS) is 12.8. The molecule has 0 aliphatic heterocycles. The molecule has 144 valence electrons. The van der Waals surface area contributed by atoms with Crippen LogP contribution in [0.4, 0.5) is 0 Å². The summed E-state index contributed by atoms with van der Waals surface area (Å²) in [5.41, 5.74) is 1.53. The number of nitrogens with zero attached hydrogens (tertiary/aromatic N) is 1. The van der Waals surface area contributed by atoms with Crippen LogP contribution < -0.4 is 9.47 Å².